The fraction of sp³-hybridized carbons (Fsp3) is 0.455. The average molecular weight is 308 g/mol. The summed E-state index contributed by atoms with van der Waals surface area (Å²) in [5.74, 6) is 0.894. The van der Waals surface area contributed by atoms with E-state index in [0.717, 1.165) is 36.4 Å². The molecule has 1 fully saturated rings. The normalized spacial score (nSPS) is 15.5. The Morgan fingerprint density at radius 1 is 1.31 bits per heavy atom. The number of methoxy groups -OCH3 is 1. The zero-order valence-corrected chi connectivity index (χ0v) is 11.6. The summed E-state index contributed by atoms with van der Waals surface area (Å²) in [5.41, 5.74) is 1.23. The van der Waals surface area contributed by atoms with E-state index in [2.05, 4.69) is 38.3 Å². The van der Waals surface area contributed by atoms with Crippen LogP contribution in [0.1, 0.15) is 0 Å². The lowest BCUT2D eigenvalue weighted by Crippen LogP contribution is -2.43. The summed E-state index contributed by atoms with van der Waals surface area (Å²) in [6.45, 7) is 4.23. The molecule has 3 nitrogen and oxygen atoms in total. The van der Waals surface area contributed by atoms with Crippen molar-refractivity contribution in [2.75, 3.05) is 38.2 Å². The molecule has 1 aliphatic heterocycles. The number of rotatable bonds is 2. The fourth-order valence-corrected chi connectivity index (χ4v) is 2.18. The summed E-state index contributed by atoms with van der Waals surface area (Å²) < 4.78 is 6.29. The van der Waals surface area contributed by atoms with Crippen LogP contribution in [0.4, 0.5) is 5.69 Å². The highest BCUT2D eigenvalue weighted by Crippen LogP contribution is 2.29. The third kappa shape index (κ3) is 3.03. The SMILES string of the molecule is COc1cc(N2CCNCC2)ccc1Br.Cl. The van der Waals surface area contributed by atoms with Gasteiger partial charge in [0.2, 0.25) is 0 Å². The maximum absolute atomic E-state index is 5.29. The molecule has 5 heteroatoms. The van der Waals surface area contributed by atoms with Gasteiger partial charge in [0.15, 0.2) is 0 Å². The molecule has 0 aliphatic carbocycles. The monoisotopic (exact) mass is 306 g/mol. The highest BCUT2D eigenvalue weighted by atomic mass is 79.9. The van der Waals surface area contributed by atoms with Gasteiger partial charge in [-0.25, -0.2) is 0 Å². The van der Waals surface area contributed by atoms with E-state index < -0.39 is 0 Å². The first-order valence-electron chi connectivity index (χ1n) is 5.10. The van der Waals surface area contributed by atoms with Gasteiger partial charge in [-0.05, 0) is 28.1 Å². The first-order valence-corrected chi connectivity index (χ1v) is 5.90. The second-order valence-electron chi connectivity index (χ2n) is 3.56. The van der Waals surface area contributed by atoms with Crippen molar-refractivity contribution in [1.29, 1.82) is 0 Å². The van der Waals surface area contributed by atoms with Crippen LogP contribution in [-0.2, 0) is 0 Å². The molecule has 2 rings (SSSR count). The summed E-state index contributed by atoms with van der Waals surface area (Å²) >= 11 is 3.46. The topological polar surface area (TPSA) is 24.5 Å². The van der Waals surface area contributed by atoms with Gasteiger partial charge in [0, 0.05) is 37.9 Å². The van der Waals surface area contributed by atoms with Gasteiger partial charge >= 0.3 is 0 Å². The molecule has 1 saturated heterocycles. The minimum Gasteiger partial charge on any atom is -0.495 e. The van der Waals surface area contributed by atoms with Gasteiger partial charge in [0.05, 0.1) is 11.6 Å². The lowest BCUT2D eigenvalue weighted by atomic mass is 10.2. The highest BCUT2D eigenvalue weighted by molar-refractivity contribution is 9.10. The Morgan fingerprint density at radius 2 is 2.00 bits per heavy atom. The summed E-state index contributed by atoms with van der Waals surface area (Å²) in [7, 11) is 1.70. The number of nitrogens with one attached hydrogen (secondary N) is 1. The quantitative estimate of drug-likeness (QED) is 0.907. The Bertz CT molecular complexity index is 343. The van der Waals surface area contributed by atoms with Crippen LogP contribution in [0.5, 0.6) is 5.75 Å². The molecular weight excluding hydrogens is 291 g/mol. The first kappa shape index (κ1) is 13.6. The molecule has 90 valence electrons. The van der Waals surface area contributed by atoms with E-state index in [0.29, 0.717) is 0 Å². The summed E-state index contributed by atoms with van der Waals surface area (Å²) in [4.78, 5) is 2.37. The molecule has 1 heterocycles. The van der Waals surface area contributed by atoms with Crippen molar-refractivity contribution in [3.63, 3.8) is 0 Å². The lowest BCUT2D eigenvalue weighted by Gasteiger charge is -2.29. The van der Waals surface area contributed by atoms with Gasteiger partial charge in [0.1, 0.15) is 5.75 Å². The second kappa shape index (κ2) is 6.33. The number of anilines is 1. The zero-order chi connectivity index (χ0) is 10.7. The minimum atomic E-state index is 0. The molecule has 1 N–H and O–H groups in total. The number of piperazine rings is 1. The van der Waals surface area contributed by atoms with Crippen LogP contribution in [-0.4, -0.2) is 33.3 Å². The molecular formula is C11H16BrClN2O. The predicted octanol–water partition coefficient (Wildman–Crippen LogP) is 2.29. The Morgan fingerprint density at radius 3 is 2.62 bits per heavy atom. The lowest BCUT2D eigenvalue weighted by molar-refractivity contribution is 0.412. The number of ether oxygens (including phenoxy) is 1. The van der Waals surface area contributed by atoms with Crippen LogP contribution in [0.3, 0.4) is 0 Å². The summed E-state index contributed by atoms with van der Waals surface area (Å²) in [6.07, 6.45) is 0. The molecule has 16 heavy (non-hydrogen) atoms. The third-order valence-corrected chi connectivity index (χ3v) is 3.27. The Hall–Kier alpha value is -0.450. The molecule has 1 aromatic rings. The molecule has 1 aromatic carbocycles. The van der Waals surface area contributed by atoms with Crippen molar-refractivity contribution in [2.45, 2.75) is 0 Å². The van der Waals surface area contributed by atoms with Crippen molar-refractivity contribution >= 4 is 34.0 Å². The highest BCUT2D eigenvalue weighted by Gasteiger charge is 2.11. The van der Waals surface area contributed by atoms with Crippen LogP contribution in [0.15, 0.2) is 22.7 Å². The smallest absolute Gasteiger partial charge is 0.135 e. The minimum absolute atomic E-state index is 0. The molecule has 0 spiro atoms. The number of hydrogen-bond acceptors (Lipinski definition) is 3. The molecule has 1 aliphatic rings. The van der Waals surface area contributed by atoms with Gasteiger partial charge in [-0.1, -0.05) is 0 Å². The van der Waals surface area contributed by atoms with Crippen molar-refractivity contribution in [3.05, 3.63) is 22.7 Å². The third-order valence-electron chi connectivity index (χ3n) is 2.62. The van der Waals surface area contributed by atoms with Crippen LogP contribution in [0, 0.1) is 0 Å². The van der Waals surface area contributed by atoms with Crippen molar-refractivity contribution in [3.8, 4) is 5.75 Å². The van der Waals surface area contributed by atoms with Crippen LogP contribution in [0.25, 0.3) is 0 Å². The van der Waals surface area contributed by atoms with Gasteiger partial charge in [-0.2, -0.15) is 0 Å². The van der Waals surface area contributed by atoms with E-state index in [1.54, 1.807) is 7.11 Å². The Labute approximate surface area is 111 Å². The largest absolute Gasteiger partial charge is 0.495 e. The molecule has 0 aromatic heterocycles. The Kier molecular flexibility index (Phi) is 5.38. The van der Waals surface area contributed by atoms with E-state index >= 15 is 0 Å². The number of nitrogens with zero attached hydrogens (tertiary/aromatic N) is 1. The van der Waals surface area contributed by atoms with Crippen molar-refractivity contribution in [1.82, 2.24) is 5.32 Å². The molecule has 0 unspecified atom stereocenters. The maximum atomic E-state index is 5.29. The standard InChI is InChI=1S/C11H15BrN2O.ClH/c1-15-11-8-9(2-3-10(11)12)14-6-4-13-5-7-14;/h2-3,8,13H,4-7H2,1H3;1H. The maximum Gasteiger partial charge on any atom is 0.135 e. The molecule has 0 saturated carbocycles. The molecule has 0 bridgehead atoms. The summed E-state index contributed by atoms with van der Waals surface area (Å²) in [6, 6.07) is 6.24. The first-order chi connectivity index (χ1) is 7.31. The van der Waals surface area contributed by atoms with Gasteiger partial charge in [0.25, 0.3) is 0 Å². The average Bonchev–Trinajstić information content (AvgIpc) is 2.31. The van der Waals surface area contributed by atoms with Crippen LogP contribution < -0.4 is 15.0 Å². The van der Waals surface area contributed by atoms with E-state index in [4.69, 9.17) is 4.74 Å². The van der Waals surface area contributed by atoms with Gasteiger partial charge < -0.3 is 15.0 Å². The molecule has 0 amide bonds. The van der Waals surface area contributed by atoms with Crippen molar-refractivity contribution < 1.29 is 4.74 Å². The van der Waals surface area contributed by atoms with E-state index in [1.165, 1.54) is 5.69 Å². The molecule has 0 radical (unpaired) electrons. The van der Waals surface area contributed by atoms with E-state index in [9.17, 15) is 0 Å². The van der Waals surface area contributed by atoms with E-state index in [-0.39, 0.29) is 12.4 Å². The number of benzene rings is 1. The number of hydrogen-bond donors (Lipinski definition) is 1. The molecule has 0 atom stereocenters. The summed E-state index contributed by atoms with van der Waals surface area (Å²) in [5, 5.41) is 3.34. The fourth-order valence-electron chi connectivity index (χ4n) is 1.77. The van der Waals surface area contributed by atoms with Crippen LogP contribution in [0.2, 0.25) is 0 Å². The predicted molar refractivity (Wildman–Crippen MR) is 73.0 cm³/mol. The zero-order valence-electron chi connectivity index (χ0n) is 9.20. The van der Waals surface area contributed by atoms with Gasteiger partial charge in [-0.15, -0.1) is 12.4 Å². The van der Waals surface area contributed by atoms with Crippen LogP contribution >= 0.6 is 28.3 Å². The number of halogens is 2. The van der Waals surface area contributed by atoms with Gasteiger partial charge in [-0.3, -0.25) is 0 Å². The second-order valence-corrected chi connectivity index (χ2v) is 4.41. The Balaban J connectivity index is 0.00000128. The van der Waals surface area contributed by atoms with E-state index in [1.807, 2.05) is 6.07 Å². The van der Waals surface area contributed by atoms with Crippen molar-refractivity contribution in [2.24, 2.45) is 0 Å².